The molecule has 0 aliphatic heterocycles. The Morgan fingerprint density at radius 3 is 2.67 bits per heavy atom. The van der Waals surface area contributed by atoms with Crippen molar-refractivity contribution in [1.29, 1.82) is 0 Å². The quantitative estimate of drug-likeness (QED) is 0.471. The number of amides is 1. The molecule has 0 aliphatic carbocycles. The van der Waals surface area contributed by atoms with E-state index in [0.717, 1.165) is 29.7 Å². The molecule has 1 heterocycles. The van der Waals surface area contributed by atoms with Crippen molar-refractivity contribution >= 4 is 16.8 Å². The van der Waals surface area contributed by atoms with Gasteiger partial charge in [0, 0.05) is 23.5 Å². The highest BCUT2D eigenvalue weighted by Gasteiger charge is 2.14. The molecule has 0 saturated heterocycles. The Hall–Kier alpha value is -2.95. The second-order valence-electron chi connectivity index (χ2n) is 8.12. The van der Waals surface area contributed by atoms with Gasteiger partial charge in [0.25, 0.3) is 0 Å². The van der Waals surface area contributed by atoms with Crippen molar-refractivity contribution < 1.29 is 14.3 Å². The van der Waals surface area contributed by atoms with Crippen LogP contribution in [0, 0.1) is 5.92 Å². The monoisotopic (exact) mass is 408 g/mol. The maximum Gasteiger partial charge on any atom is 0.220 e. The first kappa shape index (κ1) is 21.8. The van der Waals surface area contributed by atoms with Crippen molar-refractivity contribution in [3.63, 3.8) is 0 Å². The van der Waals surface area contributed by atoms with Crippen molar-refractivity contribution in [3.8, 4) is 11.5 Å². The molecule has 0 fully saturated rings. The number of aromatic nitrogens is 1. The lowest BCUT2D eigenvalue weighted by Gasteiger charge is -2.18. The molecule has 0 radical (unpaired) electrons. The fraction of sp³-hybridized carbons (Fsp3) is 0.400. The first-order valence-electron chi connectivity index (χ1n) is 10.6. The number of hydrogen-bond acceptors (Lipinski definition) is 3. The predicted molar refractivity (Wildman–Crippen MR) is 121 cm³/mol. The van der Waals surface area contributed by atoms with Gasteiger partial charge in [0.2, 0.25) is 5.91 Å². The van der Waals surface area contributed by atoms with Gasteiger partial charge in [-0.25, -0.2) is 0 Å². The van der Waals surface area contributed by atoms with E-state index in [1.165, 1.54) is 10.9 Å². The zero-order chi connectivity index (χ0) is 21.5. The molecule has 1 amide bonds. The average molecular weight is 409 g/mol. The van der Waals surface area contributed by atoms with E-state index in [1.807, 2.05) is 43.5 Å². The number of rotatable bonds is 10. The first-order valence-corrected chi connectivity index (χ1v) is 10.6. The summed E-state index contributed by atoms with van der Waals surface area (Å²) in [6, 6.07) is 14.0. The number of fused-ring (bicyclic) bond motifs is 1. The van der Waals surface area contributed by atoms with Crippen molar-refractivity contribution in [2.45, 2.75) is 46.1 Å². The fourth-order valence-electron chi connectivity index (χ4n) is 3.50. The molecule has 0 saturated carbocycles. The Kier molecular flexibility index (Phi) is 7.39. The van der Waals surface area contributed by atoms with Gasteiger partial charge >= 0.3 is 0 Å². The molecule has 2 N–H and O–H groups in total. The standard InChI is InChI=1S/C25H32N2O3/c1-17(2)16-30-23-13-12-19(14-24(23)29-4)18(3)27-25(28)11-7-8-20-15-26-22-10-6-5-9-21(20)22/h5-6,9-10,12-15,17-18,26H,7-8,11,16H2,1-4H3,(H,27,28). The van der Waals surface area contributed by atoms with E-state index in [9.17, 15) is 4.79 Å². The Morgan fingerprint density at radius 1 is 1.10 bits per heavy atom. The SMILES string of the molecule is COc1cc(C(C)NC(=O)CCCc2c[nH]c3ccccc23)ccc1OCC(C)C. The number of aromatic amines is 1. The van der Waals surface area contributed by atoms with Crippen LogP contribution in [0.25, 0.3) is 10.9 Å². The van der Waals surface area contributed by atoms with E-state index in [0.29, 0.717) is 24.7 Å². The molecule has 2 aromatic carbocycles. The summed E-state index contributed by atoms with van der Waals surface area (Å²) in [6.07, 6.45) is 4.23. The number of carbonyl (C=O) groups excluding carboxylic acids is 1. The van der Waals surface area contributed by atoms with Crippen molar-refractivity contribution in [3.05, 3.63) is 59.8 Å². The molecule has 0 aliphatic rings. The maximum atomic E-state index is 12.4. The molecular weight excluding hydrogens is 376 g/mol. The summed E-state index contributed by atoms with van der Waals surface area (Å²) in [5.41, 5.74) is 3.39. The van der Waals surface area contributed by atoms with Gasteiger partial charge in [0.05, 0.1) is 19.8 Å². The third kappa shape index (κ3) is 5.56. The van der Waals surface area contributed by atoms with Gasteiger partial charge < -0.3 is 19.8 Å². The van der Waals surface area contributed by atoms with Crippen LogP contribution in [0.3, 0.4) is 0 Å². The normalized spacial score (nSPS) is 12.2. The van der Waals surface area contributed by atoms with E-state index < -0.39 is 0 Å². The zero-order valence-electron chi connectivity index (χ0n) is 18.3. The lowest BCUT2D eigenvalue weighted by molar-refractivity contribution is -0.121. The smallest absolute Gasteiger partial charge is 0.220 e. The number of hydrogen-bond donors (Lipinski definition) is 2. The number of nitrogens with one attached hydrogen (secondary N) is 2. The minimum absolute atomic E-state index is 0.0569. The first-order chi connectivity index (χ1) is 14.5. The molecule has 1 atom stereocenters. The van der Waals surface area contributed by atoms with E-state index in [-0.39, 0.29) is 11.9 Å². The minimum atomic E-state index is -0.0985. The topological polar surface area (TPSA) is 63.3 Å². The van der Waals surface area contributed by atoms with Crippen LogP contribution in [-0.2, 0) is 11.2 Å². The second-order valence-corrected chi connectivity index (χ2v) is 8.12. The number of carbonyl (C=O) groups is 1. The third-order valence-electron chi connectivity index (χ3n) is 5.16. The van der Waals surface area contributed by atoms with Crippen LogP contribution in [0.5, 0.6) is 11.5 Å². The molecular formula is C25H32N2O3. The molecule has 160 valence electrons. The predicted octanol–water partition coefficient (Wildman–Crippen LogP) is 5.41. The highest BCUT2D eigenvalue weighted by molar-refractivity contribution is 5.83. The summed E-state index contributed by atoms with van der Waals surface area (Å²) in [7, 11) is 1.63. The maximum absolute atomic E-state index is 12.4. The summed E-state index contributed by atoms with van der Waals surface area (Å²) in [5, 5.41) is 4.33. The van der Waals surface area contributed by atoms with Gasteiger partial charge in [0.1, 0.15) is 0 Å². The summed E-state index contributed by atoms with van der Waals surface area (Å²) >= 11 is 0. The van der Waals surface area contributed by atoms with Gasteiger partial charge in [-0.3, -0.25) is 4.79 Å². The van der Waals surface area contributed by atoms with Gasteiger partial charge in [-0.15, -0.1) is 0 Å². The number of H-pyrrole nitrogens is 1. The summed E-state index contributed by atoms with van der Waals surface area (Å²) < 4.78 is 11.3. The average Bonchev–Trinajstić information content (AvgIpc) is 3.15. The summed E-state index contributed by atoms with van der Waals surface area (Å²) in [4.78, 5) is 15.7. The lowest BCUT2D eigenvalue weighted by Crippen LogP contribution is -2.26. The van der Waals surface area contributed by atoms with Crippen molar-refractivity contribution in [2.24, 2.45) is 5.92 Å². The summed E-state index contributed by atoms with van der Waals surface area (Å²) in [5.74, 6) is 1.92. The fourth-order valence-corrected chi connectivity index (χ4v) is 3.50. The van der Waals surface area contributed by atoms with Gasteiger partial charge in [-0.05, 0) is 55.0 Å². The van der Waals surface area contributed by atoms with Crippen LogP contribution in [0.2, 0.25) is 0 Å². The van der Waals surface area contributed by atoms with Crippen molar-refractivity contribution in [2.75, 3.05) is 13.7 Å². The number of para-hydroxylation sites is 1. The van der Waals surface area contributed by atoms with Crippen LogP contribution < -0.4 is 14.8 Å². The van der Waals surface area contributed by atoms with Gasteiger partial charge in [-0.2, -0.15) is 0 Å². The molecule has 1 aromatic heterocycles. The van der Waals surface area contributed by atoms with Gasteiger partial charge in [0.15, 0.2) is 11.5 Å². The van der Waals surface area contributed by atoms with Crippen LogP contribution in [0.1, 0.15) is 50.8 Å². The van der Waals surface area contributed by atoms with E-state index >= 15 is 0 Å². The van der Waals surface area contributed by atoms with Crippen LogP contribution >= 0.6 is 0 Å². The van der Waals surface area contributed by atoms with E-state index in [4.69, 9.17) is 9.47 Å². The Labute approximate surface area is 178 Å². The molecule has 0 bridgehead atoms. The zero-order valence-corrected chi connectivity index (χ0v) is 18.3. The van der Waals surface area contributed by atoms with Crippen LogP contribution in [0.4, 0.5) is 0 Å². The Balaban J connectivity index is 1.52. The molecule has 3 rings (SSSR count). The second kappa shape index (κ2) is 10.2. The van der Waals surface area contributed by atoms with E-state index in [1.54, 1.807) is 7.11 Å². The highest BCUT2D eigenvalue weighted by atomic mass is 16.5. The molecule has 30 heavy (non-hydrogen) atoms. The molecule has 3 aromatic rings. The highest BCUT2D eigenvalue weighted by Crippen LogP contribution is 2.30. The Morgan fingerprint density at radius 2 is 1.90 bits per heavy atom. The van der Waals surface area contributed by atoms with Crippen LogP contribution in [-0.4, -0.2) is 24.6 Å². The Bertz CT molecular complexity index is 977. The van der Waals surface area contributed by atoms with E-state index in [2.05, 4.69) is 36.3 Å². The van der Waals surface area contributed by atoms with Crippen molar-refractivity contribution in [1.82, 2.24) is 10.3 Å². The lowest BCUT2D eigenvalue weighted by atomic mass is 10.1. The minimum Gasteiger partial charge on any atom is -0.493 e. The molecule has 5 nitrogen and oxygen atoms in total. The third-order valence-corrected chi connectivity index (χ3v) is 5.16. The number of aryl methyl sites for hydroxylation is 1. The number of ether oxygens (including phenoxy) is 2. The molecule has 1 unspecified atom stereocenters. The summed E-state index contributed by atoms with van der Waals surface area (Å²) in [6.45, 7) is 6.84. The van der Waals surface area contributed by atoms with Gasteiger partial charge in [-0.1, -0.05) is 38.1 Å². The number of methoxy groups -OCH3 is 1. The molecule has 5 heteroatoms. The largest absolute Gasteiger partial charge is 0.493 e. The van der Waals surface area contributed by atoms with Crippen LogP contribution in [0.15, 0.2) is 48.7 Å². The number of benzene rings is 2. The molecule has 0 spiro atoms.